The molecule has 194 valence electrons. The average Bonchev–Trinajstić information content (AvgIpc) is 3.34. The summed E-state index contributed by atoms with van der Waals surface area (Å²) in [7, 11) is -4.07. The Morgan fingerprint density at radius 3 is 2.42 bits per heavy atom. The molecule has 38 heavy (non-hydrogen) atoms. The summed E-state index contributed by atoms with van der Waals surface area (Å²) in [5.74, 6) is 0.285. The van der Waals surface area contributed by atoms with Gasteiger partial charge in [0.05, 0.1) is 11.3 Å². The lowest BCUT2D eigenvalue weighted by atomic mass is 10.1. The van der Waals surface area contributed by atoms with Gasteiger partial charge in [-0.2, -0.15) is 0 Å². The van der Waals surface area contributed by atoms with Crippen LogP contribution in [-0.2, 0) is 9.84 Å². The van der Waals surface area contributed by atoms with Crippen LogP contribution in [0, 0.1) is 20.8 Å². The summed E-state index contributed by atoms with van der Waals surface area (Å²) in [6, 6.07) is 16.7. The van der Waals surface area contributed by atoms with Crippen LogP contribution in [0.15, 0.2) is 65.7 Å². The molecule has 5 rings (SSSR count). The summed E-state index contributed by atoms with van der Waals surface area (Å²) in [6.45, 7) is 5.91. The second kappa shape index (κ2) is 9.79. The zero-order valence-electron chi connectivity index (χ0n) is 21.0. The standard InChI is InChI=1S/C28H25N3O6S/c1-16-11-17(2)27(18(3)12-16)37-28-20(22(32)14-38(33,34)26-6-4-5-25(29)31-26)8-9-21(30-28)19-7-10-23-24(13-19)36-15-35-23/h4-13H,14-15H2,1-3H3,(H2,29,31). The highest BCUT2D eigenvalue weighted by Gasteiger charge is 2.26. The molecule has 2 aromatic heterocycles. The van der Waals surface area contributed by atoms with Crippen molar-refractivity contribution in [1.29, 1.82) is 0 Å². The van der Waals surface area contributed by atoms with Crippen molar-refractivity contribution >= 4 is 21.4 Å². The van der Waals surface area contributed by atoms with E-state index in [2.05, 4.69) is 9.97 Å². The van der Waals surface area contributed by atoms with Crippen molar-refractivity contribution in [3.63, 3.8) is 0 Å². The fraction of sp³-hybridized carbons (Fsp3) is 0.179. The molecule has 0 radical (unpaired) electrons. The van der Waals surface area contributed by atoms with Crippen LogP contribution in [0.5, 0.6) is 23.1 Å². The first-order chi connectivity index (χ1) is 18.1. The fourth-order valence-electron chi connectivity index (χ4n) is 4.30. The van der Waals surface area contributed by atoms with Crippen LogP contribution in [0.3, 0.4) is 0 Å². The van der Waals surface area contributed by atoms with E-state index in [1.807, 2.05) is 39.0 Å². The van der Waals surface area contributed by atoms with Gasteiger partial charge >= 0.3 is 0 Å². The minimum Gasteiger partial charge on any atom is -0.454 e. The maximum absolute atomic E-state index is 13.4. The van der Waals surface area contributed by atoms with E-state index < -0.39 is 21.4 Å². The molecule has 0 atom stereocenters. The molecule has 0 unspecified atom stereocenters. The van der Waals surface area contributed by atoms with Gasteiger partial charge in [-0.05, 0) is 74.4 Å². The molecule has 10 heteroatoms. The lowest BCUT2D eigenvalue weighted by molar-refractivity contribution is 0.101. The summed E-state index contributed by atoms with van der Waals surface area (Å²) in [5, 5.41) is -0.275. The molecule has 1 aliphatic rings. The normalized spacial score (nSPS) is 12.4. The highest BCUT2D eigenvalue weighted by atomic mass is 32.2. The number of anilines is 1. The molecule has 2 aromatic carbocycles. The van der Waals surface area contributed by atoms with Gasteiger partial charge in [0.25, 0.3) is 0 Å². The van der Waals surface area contributed by atoms with Crippen LogP contribution in [0.2, 0.25) is 0 Å². The van der Waals surface area contributed by atoms with Crippen molar-refractivity contribution in [2.24, 2.45) is 0 Å². The van der Waals surface area contributed by atoms with Gasteiger partial charge in [0, 0.05) is 5.56 Å². The molecule has 0 fully saturated rings. The largest absolute Gasteiger partial charge is 0.454 e. The summed E-state index contributed by atoms with van der Waals surface area (Å²) in [4.78, 5) is 21.9. The Kier molecular flexibility index (Phi) is 6.50. The minimum atomic E-state index is -4.07. The smallest absolute Gasteiger partial charge is 0.231 e. The monoisotopic (exact) mass is 531 g/mol. The van der Waals surface area contributed by atoms with Crippen molar-refractivity contribution in [2.75, 3.05) is 18.3 Å². The predicted molar refractivity (Wildman–Crippen MR) is 142 cm³/mol. The Morgan fingerprint density at radius 1 is 0.947 bits per heavy atom. The number of rotatable bonds is 7. The molecule has 1 aliphatic heterocycles. The van der Waals surface area contributed by atoms with Gasteiger partial charge < -0.3 is 19.9 Å². The first-order valence-electron chi connectivity index (χ1n) is 11.8. The van der Waals surface area contributed by atoms with Gasteiger partial charge in [-0.15, -0.1) is 0 Å². The number of fused-ring (bicyclic) bond motifs is 1. The van der Waals surface area contributed by atoms with E-state index in [1.54, 1.807) is 18.2 Å². The SMILES string of the molecule is Cc1cc(C)c(Oc2nc(-c3ccc4c(c3)OCO4)ccc2C(=O)CS(=O)(=O)c2cccc(N)n2)c(C)c1. The van der Waals surface area contributed by atoms with Crippen LogP contribution in [0.1, 0.15) is 27.0 Å². The molecule has 2 N–H and O–H groups in total. The maximum Gasteiger partial charge on any atom is 0.231 e. The highest BCUT2D eigenvalue weighted by Crippen LogP contribution is 2.37. The van der Waals surface area contributed by atoms with E-state index in [-0.39, 0.29) is 29.1 Å². The molecular formula is C28H25N3O6S. The van der Waals surface area contributed by atoms with E-state index in [1.165, 1.54) is 24.3 Å². The number of carbonyl (C=O) groups is 1. The fourth-order valence-corrected chi connectivity index (χ4v) is 5.48. The van der Waals surface area contributed by atoms with Crippen molar-refractivity contribution in [2.45, 2.75) is 25.8 Å². The number of nitrogens with two attached hydrogens (primary N) is 1. The number of aryl methyl sites for hydroxylation is 3. The van der Waals surface area contributed by atoms with Gasteiger partial charge in [0.15, 0.2) is 22.3 Å². The molecule has 0 bridgehead atoms. The third kappa shape index (κ3) is 5.03. The Balaban J connectivity index is 1.56. The number of aromatic nitrogens is 2. The van der Waals surface area contributed by atoms with Crippen LogP contribution in [-0.4, -0.2) is 36.7 Å². The Bertz CT molecular complexity index is 1660. The molecule has 0 amide bonds. The molecule has 0 spiro atoms. The highest BCUT2D eigenvalue weighted by molar-refractivity contribution is 7.92. The number of ether oxygens (including phenoxy) is 3. The van der Waals surface area contributed by atoms with Crippen LogP contribution in [0.4, 0.5) is 5.82 Å². The predicted octanol–water partition coefficient (Wildman–Crippen LogP) is 4.83. The van der Waals surface area contributed by atoms with E-state index in [4.69, 9.17) is 19.9 Å². The van der Waals surface area contributed by atoms with E-state index in [0.29, 0.717) is 28.5 Å². The Labute approximate surface area is 220 Å². The molecule has 0 saturated carbocycles. The topological polar surface area (TPSA) is 131 Å². The van der Waals surface area contributed by atoms with Crippen LogP contribution >= 0.6 is 0 Å². The number of ketones is 1. The number of hydrogen-bond acceptors (Lipinski definition) is 9. The van der Waals surface area contributed by atoms with Crippen LogP contribution < -0.4 is 19.9 Å². The minimum absolute atomic E-state index is 0.00375. The second-order valence-corrected chi connectivity index (χ2v) is 11.0. The number of benzene rings is 2. The second-order valence-electron chi connectivity index (χ2n) is 9.03. The zero-order valence-corrected chi connectivity index (χ0v) is 21.8. The van der Waals surface area contributed by atoms with Crippen LogP contribution in [0.25, 0.3) is 11.3 Å². The Hall–Kier alpha value is -4.44. The molecule has 0 aliphatic carbocycles. The first kappa shape index (κ1) is 25.2. The molecular weight excluding hydrogens is 506 g/mol. The van der Waals surface area contributed by atoms with Gasteiger partial charge in [0.2, 0.25) is 22.5 Å². The van der Waals surface area contributed by atoms with Gasteiger partial charge in [-0.3, -0.25) is 4.79 Å². The molecule has 9 nitrogen and oxygen atoms in total. The van der Waals surface area contributed by atoms with Gasteiger partial charge in [-0.1, -0.05) is 23.8 Å². The number of pyridine rings is 2. The number of carbonyl (C=O) groups excluding carboxylic acids is 1. The van der Waals surface area contributed by atoms with Gasteiger partial charge in [-0.25, -0.2) is 18.4 Å². The first-order valence-corrected chi connectivity index (χ1v) is 13.4. The molecule has 4 aromatic rings. The summed E-state index contributed by atoms with van der Waals surface area (Å²) in [6.07, 6.45) is 0. The lowest BCUT2D eigenvalue weighted by Crippen LogP contribution is -2.19. The molecule has 0 saturated heterocycles. The third-order valence-corrected chi connectivity index (χ3v) is 7.52. The summed E-state index contributed by atoms with van der Waals surface area (Å²) in [5.41, 5.74) is 9.67. The van der Waals surface area contributed by atoms with Crippen molar-refractivity contribution in [1.82, 2.24) is 9.97 Å². The zero-order chi connectivity index (χ0) is 27.0. The van der Waals surface area contributed by atoms with E-state index in [9.17, 15) is 13.2 Å². The number of Topliss-reactive ketones (excluding diaryl/α,β-unsaturated/α-hetero) is 1. The van der Waals surface area contributed by atoms with E-state index >= 15 is 0 Å². The lowest BCUT2D eigenvalue weighted by Gasteiger charge is -2.16. The maximum atomic E-state index is 13.4. The molecule has 3 heterocycles. The van der Waals surface area contributed by atoms with Crippen molar-refractivity contribution in [3.05, 3.63) is 82.9 Å². The van der Waals surface area contributed by atoms with E-state index in [0.717, 1.165) is 16.7 Å². The van der Waals surface area contributed by atoms with Gasteiger partial charge in [0.1, 0.15) is 17.3 Å². The van der Waals surface area contributed by atoms with Crippen molar-refractivity contribution in [3.8, 4) is 34.4 Å². The summed E-state index contributed by atoms with van der Waals surface area (Å²) >= 11 is 0. The average molecular weight is 532 g/mol. The Morgan fingerprint density at radius 2 is 1.68 bits per heavy atom. The number of nitrogen functional groups attached to an aromatic ring is 1. The number of sulfone groups is 1. The third-order valence-electron chi connectivity index (χ3n) is 6.02. The number of hydrogen-bond donors (Lipinski definition) is 1. The summed E-state index contributed by atoms with van der Waals surface area (Å²) < 4.78 is 43.0. The quantitative estimate of drug-likeness (QED) is 0.333. The number of nitrogens with zero attached hydrogens (tertiary/aromatic N) is 2. The van der Waals surface area contributed by atoms with Crippen molar-refractivity contribution < 1.29 is 27.4 Å².